The summed E-state index contributed by atoms with van der Waals surface area (Å²) in [4.78, 5) is 14.0. The molecule has 0 N–H and O–H groups in total. The molecule has 1 unspecified atom stereocenters. The van der Waals surface area contributed by atoms with Gasteiger partial charge in [-0.05, 0) is 47.1 Å². The first-order chi connectivity index (χ1) is 8.61. The van der Waals surface area contributed by atoms with Gasteiger partial charge in [0.2, 0.25) is 0 Å². The molecule has 18 heavy (non-hydrogen) atoms. The first-order valence-electron chi connectivity index (χ1n) is 5.66. The highest BCUT2D eigenvalue weighted by Gasteiger charge is 2.21. The molecule has 1 atom stereocenters. The molecule has 2 aromatic rings. The second kappa shape index (κ2) is 5.40. The molecular formula is C14H14BrNO2. The normalized spacial score (nSPS) is 12.2. The Bertz CT molecular complexity index is 536. The molecule has 1 amide bonds. The molecule has 0 aliphatic carbocycles. The van der Waals surface area contributed by atoms with E-state index in [1.807, 2.05) is 37.3 Å². The maximum atomic E-state index is 12.4. The summed E-state index contributed by atoms with van der Waals surface area (Å²) in [5.41, 5.74) is 0.651. The Morgan fingerprint density at radius 1 is 1.28 bits per heavy atom. The number of furan rings is 1. The lowest BCUT2D eigenvalue weighted by molar-refractivity contribution is 0.0725. The van der Waals surface area contributed by atoms with Crippen molar-refractivity contribution in [2.75, 3.05) is 7.05 Å². The Kier molecular flexibility index (Phi) is 3.87. The van der Waals surface area contributed by atoms with Gasteiger partial charge in [-0.3, -0.25) is 4.79 Å². The lowest BCUT2D eigenvalue weighted by atomic mass is 10.1. The zero-order valence-corrected chi connectivity index (χ0v) is 11.8. The van der Waals surface area contributed by atoms with Crippen LogP contribution in [0.5, 0.6) is 0 Å². The fourth-order valence-corrected chi connectivity index (χ4v) is 2.17. The number of amides is 1. The van der Waals surface area contributed by atoms with Crippen molar-refractivity contribution in [3.8, 4) is 0 Å². The molecule has 3 nitrogen and oxygen atoms in total. The number of benzene rings is 1. The standard InChI is InChI=1S/C14H14BrNO2/c1-10(13-8-5-9-18-13)16(2)14(17)11-6-3-4-7-12(11)15/h3-10H,1-2H3. The molecular weight excluding hydrogens is 294 g/mol. The number of carbonyl (C=O) groups is 1. The zero-order chi connectivity index (χ0) is 13.1. The van der Waals surface area contributed by atoms with E-state index in [1.165, 1.54) is 0 Å². The largest absolute Gasteiger partial charge is 0.467 e. The number of hydrogen-bond donors (Lipinski definition) is 0. The number of rotatable bonds is 3. The molecule has 4 heteroatoms. The molecule has 0 aliphatic rings. The van der Waals surface area contributed by atoms with E-state index in [1.54, 1.807) is 24.3 Å². The number of nitrogens with zero attached hydrogens (tertiary/aromatic N) is 1. The summed E-state index contributed by atoms with van der Waals surface area (Å²) >= 11 is 3.39. The molecule has 1 aromatic carbocycles. The SMILES string of the molecule is CC(c1ccco1)N(C)C(=O)c1ccccc1Br. The highest BCUT2D eigenvalue weighted by molar-refractivity contribution is 9.10. The van der Waals surface area contributed by atoms with Gasteiger partial charge in [0.25, 0.3) is 5.91 Å². The van der Waals surface area contributed by atoms with Gasteiger partial charge in [-0.15, -0.1) is 0 Å². The molecule has 0 bridgehead atoms. The summed E-state index contributed by atoms with van der Waals surface area (Å²) in [7, 11) is 1.77. The van der Waals surface area contributed by atoms with Gasteiger partial charge in [0.1, 0.15) is 5.76 Å². The summed E-state index contributed by atoms with van der Waals surface area (Å²) in [6.45, 7) is 1.94. The Morgan fingerprint density at radius 2 is 2.00 bits per heavy atom. The van der Waals surface area contributed by atoms with Crippen LogP contribution in [-0.4, -0.2) is 17.9 Å². The van der Waals surface area contributed by atoms with Crippen LogP contribution in [0, 0.1) is 0 Å². The lowest BCUT2D eigenvalue weighted by Crippen LogP contribution is -2.29. The van der Waals surface area contributed by atoms with Crippen molar-refractivity contribution >= 4 is 21.8 Å². The molecule has 0 radical (unpaired) electrons. The zero-order valence-electron chi connectivity index (χ0n) is 10.3. The van der Waals surface area contributed by atoms with E-state index in [9.17, 15) is 4.79 Å². The molecule has 0 saturated carbocycles. The van der Waals surface area contributed by atoms with Crippen LogP contribution >= 0.6 is 15.9 Å². The van der Waals surface area contributed by atoms with E-state index in [0.29, 0.717) is 5.56 Å². The van der Waals surface area contributed by atoms with Crippen molar-refractivity contribution < 1.29 is 9.21 Å². The van der Waals surface area contributed by atoms with Crippen molar-refractivity contribution in [1.82, 2.24) is 4.90 Å². The second-order valence-corrected chi connectivity index (χ2v) is 4.94. The highest BCUT2D eigenvalue weighted by atomic mass is 79.9. The van der Waals surface area contributed by atoms with Crippen molar-refractivity contribution in [3.63, 3.8) is 0 Å². The van der Waals surface area contributed by atoms with Gasteiger partial charge in [0.15, 0.2) is 0 Å². The van der Waals surface area contributed by atoms with Crippen molar-refractivity contribution in [2.45, 2.75) is 13.0 Å². The van der Waals surface area contributed by atoms with Crippen molar-refractivity contribution in [1.29, 1.82) is 0 Å². The first-order valence-corrected chi connectivity index (χ1v) is 6.45. The van der Waals surface area contributed by atoms with Gasteiger partial charge < -0.3 is 9.32 Å². The predicted octanol–water partition coefficient (Wildman–Crippen LogP) is 3.88. The minimum absolute atomic E-state index is 0.0358. The van der Waals surface area contributed by atoms with E-state index >= 15 is 0 Å². The van der Waals surface area contributed by atoms with Crippen LogP contribution in [0.25, 0.3) is 0 Å². The van der Waals surface area contributed by atoms with Crippen LogP contribution in [0.3, 0.4) is 0 Å². The van der Waals surface area contributed by atoms with E-state index in [2.05, 4.69) is 15.9 Å². The third-order valence-corrected chi connectivity index (χ3v) is 3.65. The predicted molar refractivity (Wildman–Crippen MR) is 73.4 cm³/mol. The van der Waals surface area contributed by atoms with Gasteiger partial charge in [0.05, 0.1) is 17.9 Å². The number of hydrogen-bond acceptors (Lipinski definition) is 2. The molecule has 94 valence electrons. The smallest absolute Gasteiger partial charge is 0.255 e. The molecule has 1 heterocycles. The summed E-state index contributed by atoms with van der Waals surface area (Å²) in [6, 6.07) is 11.0. The van der Waals surface area contributed by atoms with E-state index in [0.717, 1.165) is 10.2 Å². The first kappa shape index (κ1) is 12.9. The Morgan fingerprint density at radius 3 is 2.61 bits per heavy atom. The third-order valence-electron chi connectivity index (χ3n) is 2.96. The molecule has 0 spiro atoms. The van der Waals surface area contributed by atoms with Crippen LogP contribution < -0.4 is 0 Å². The third kappa shape index (κ3) is 2.48. The average molecular weight is 308 g/mol. The van der Waals surface area contributed by atoms with Gasteiger partial charge in [-0.25, -0.2) is 0 Å². The summed E-state index contributed by atoms with van der Waals surface area (Å²) in [6.07, 6.45) is 1.61. The average Bonchev–Trinajstić information content (AvgIpc) is 2.90. The van der Waals surface area contributed by atoms with Crippen LogP contribution in [0.2, 0.25) is 0 Å². The maximum absolute atomic E-state index is 12.4. The molecule has 0 aliphatic heterocycles. The molecule has 0 fully saturated rings. The van der Waals surface area contributed by atoms with E-state index in [4.69, 9.17) is 4.42 Å². The second-order valence-electron chi connectivity index (χ2n) is 4.09. The van der Waals surface area contributed by atoms with Gasteiger partial charge in [0, 0.05) is 11.5 Å². The Hall–Kier alpha value is -1.55. The molecule has 1 aromatic heterocycles. The van der Waals surface area contributed by atoms with Crippen LogP contribution in [0.1, 0.15) is 29.1 Å². The fraction of sp³-hybridized carbons (Fsp3) is 0.214. The highest BCUT2D eigenvalue weighted by Crippen LogP contribution is 2.24. The van der Waals surface area contributed by atoms with Crippen LogP contribution in [0.4, 0.5) is 0 Å². The maximum Gasteiger partial charge on any atom is 0.255 e. The van der Waals surface area contributed by atoms with Gasteiger partial charge >= 0.3 is 0 Å². The van der Waals surface area contributed by atoms with E-state index in [-0.39, 0.29) is 11.9 Å². The molecule has 0 saturated heterocycles. The number of halogens is 1. The monoisotopic (exact) mass is 307 g/mol. The summed E-state index contributed by atoms with van der Waals surface area (Å²) in [5.74, 6) is 0.740. The van der Waals surface area contributed by atoms with Crippen LogP contribution in [-0.2, 0) is 0 Å². The van der Waals surface area contributed by atoms with Gasteiger partial charge in [-0.2, -0.15) is 0 Å². The Balaban J connectivity index is 2.22. The number of carbonyl (C=O) groups excluding carboxylic acids is 1. The van der Waals surface area contributed by atoms with Crippen molar-refractivity contribution in [3.05, 3.63) is 58.5 Å². The molecule has 2 rings (SSSR count). The summed E-state index contributed by atoms with van der Waals surface area (Å²) in [5, 5.41) is 0. The van der Waals surface area contributed by atoms with E-state index < -0.39 is 0 Å². The summed E-state index contributed by atoms with van der Waals surface area (Å²) < 4.78 is 6.13. The quantitative estimate of drug-likeness (QED) is 0.862. The fourth-order valence-electron chi connectivity index (χ4n) is 1.72. The lowest BCUT2D eigenvalue weighted by Gasteiger charge is -2.23. The minimum atomic E-state index is -0.0976. The van der Waals surface area contributed by atoms with Gasteiger partial charge in [-0.1, -0.05) is 12.1 Å². The minimum Gasteiger partial charge on any atom is -0.467 e. The Labute approximate surface area is 115 Å². The van der Waals surface area contributed by atoms with Crippen LogP contribution in [0.15, 0.2) is 51.6 Å². The topological polar surface area (TPSA) is 33.5 Å². The van der Waals surface area contributed by atoms with Crippen molar-refractivity contribution in [2.24, 2.45) is 0 Å².